The second-order valence-electron chi connectivity index (χ2n) is 9.40. The number of benzene rings is 1. The lowest BCUT2D eigenvalue weighted by atomic mass is 9.75. The highest BCUT2D eigenvalue weighted by molar-refractivity contribution is 7.90. The van der Waals surface area contributed by atoms with Crippen LogP contribution in [0.2, 0.25) is 10.0 Å². The van der Waals surface area contributed by atoms with E-state index < -0.39 is 21.7 Å². The van der Waals surface area contributed by atoms with E-state index in [2.05, 4.69) is 0 Å². The summed E-state index contributed by atoms with van der Waals surface area (Å²) < 4.78 is 11.4. The Labute approximate surface area is 192 Å². The molecule has 2 rings (SSSR count). The van der Waals surface area contributed by atoms with Gasteiger partial charge in [-0.25, -0.2) is 0 Å². The number of rotatable bonds is 7. The van der Waals surface area contributed by atoms with Crippen LogP contribution in [0.1, 0.15) is 64.9 Å². The van der Waals surface area contributed by atoms with Crippen molar-refractivity contribution in [3.05, 3.63) is 27.7 Å². The molecule has 4 N–H and O–H groups in total. The van der Waals surface area contributed by atoms with Crippen LogP contribution >= 0.6 is 23.2 Å². The van der Waals surface area contributed by atoms with E-state index in [-0.39, 0.29) is 34.9 Å². The minimum Gasteiger partial charge on any atom is -0.598 e. The zero-order chi connectivity index (χ0) is 22.9. The predicted molar refractivity (Wildman–Crippen MR) is 122 cm³/mol. The Morgan fingerprint density at radius 3 is 2.30 bits per heavy atom. The molecule has 1 aliphatic heterocycles. The van der Waals surface area contributed by atoms with Gasteiger partial charge in [0.05, 0.1) is 22.1 Å². The molecule has 1 aliphatic rings. The fourth-order valence-electron chi connectivity index (χ4n) is 4.02. The Kier molecular flexibility index (Phi) is 8.38. The molecule has 1 amide bonds. The van der Waals surface area contributed by atoms with Crippen molar-refractivity contribution in [1.29, 1.82) is 0 Å². The minimum atomic E-state index is -1.55. The Balaban J connectivity index is 2.25. The van der Waals surface area contributed by atoms with Crippen molar-refractivity contribution >= 4 is 40.5 Å². The van der Waals surface area contributed by atoms with Crippen molar-refractivity contribution in [2.75, 3.05) is 13.1 Å². The van der Waals surface area contributed by atoms with E-state index in [9.17, 15) is 19.6 Å². The molecule has 1 saturated heterocycles. The number of nitrogens with two attached hydrogens (primary N) is 1. The van der Waals surface area contributed by atoms with Crippen LogP contribution in [0.4, 0.5) is 0 Å². The summed E-state index contributed by atoms with van der Waals surface area (Å²) in [7, 11) is 0. The summed E-state index contributed by atoms with van der Waals surface area (Å²) in [5.74, 6) is -0.0252. The van der Waals surface area contributed by atoms with Crippen LogP contribution in [0, 0.1) is 5.92 Å². The third-order valence-electron chi connectivity index (χ3n) is 5.77. The maximum Gasteiger partial charge on any atom is 0.225 e. The van der Waals surface area contributed by atoms with E-state index >= 15 is 0 Å². The monoisotopic (exact) mass is 478 g/mol. The van der Waals surface area contributed by atoms with Gasteiger partial charge in [-0.05, 0) is 64.0 Å². The molecule has 1 fully saturated rings. The molecule has 0 saturated carbocycles. The maximum atomic E-state index is 12.5. The number of phenols is 1. The van der Waals surface area contributed by atoms with Gasteiger partial charge in [0.1, 0.15) is 10.5 Å². The standard InChI is InChI=1S/C21H32Cl2N2O4S/c1-20(2,28)12-19(27)25-7-5-13(6-8-25)15(11-21(3,4)30(24)29)14-9-16(22)17(23)10-18(14)26/h9-10,13,15,26,28H,5-8,11-12,24H2,1-4H3. The molecule has 0 aromatic heterocycles. The Morgan fingerprint density at radius 1 is 1.27 bits per heavy atom. The van der Waals surface area contributed by atoms with Gasteiger partial charge < -0.3 is 19.7 Å². The molecule has 6 nitrogen and oxygen atoms in total. The number of carbonyl (C=O) groups excluding carboxylic acids is 1. The van der Waals surface area contributed by atoms with Gasteiger partial charge >= 0.3 is 0 Å². The summed E-state index contributed by atoms with van der Waals surface area (Å²) >= 11 is 10.7. The molecule has 30 heavy (non-hydrogen) atoms. The van der Waals surface area contributed by atoms with Crippen LogP contribution < -0.4 is 5.14 Å². The number of halogens is 2. The molecule has 0 bridgehead atoms. The van der Waals surface area contributed by atoms with Gasteiger partial charge in [0.2, 0.25) is 5.91 Å². The predicted octanol–water partition coefficient (Wildman–Crippen LogP) is 3.97. The van der Waals surface area contributed by atoms with Gasteiger partial charge in [0.25, 0.3) is 0 Å². The van der Waals surface area contributed by atoms with Gasteiger partial charge in [0, 0.05) is 36.9 Å². The summed E-state index contributed by atoms with van der Waals surface area (Å²) in [5.41, 5.74) is -0.387. The van der Waals surface area contributed by atoms with E-state index in [4.69, 9.17) is 28.3 Å². The molecule has 2 atom stereocenters. The lowest BCUT2D eigenvalue weighted by molar-refractivity contribution is -0.136. The third-order valence-corrected chi connectivity index (χ3v) is 7.75. The van der Waals surface area contributed by atoms with E-state index in [1.54, 1.807) is 24.8 Å². The highest BCUT2D eigenvalue weighted by Crippen LogP contribution is 2.45. The zero-order valence-corrected chi connectivity index (χ0v) is 20.3. The van der Waals surface area contributed by atoms with E-state index in [0.717, 1.165) is 12.8 Å². The zero-order valence-electron chi connectivity index (χ0n) is 18.0. The van der Waals surface area contributed by atoms with Crippen molar-refractivity contribution < 1.29 is 19.6 Å². The summed E-state index contributed by atoms with van der Waals surface area (Å²) in [4.78, 5) is 14.2. The number of piperidine rings is 1. The molecule has 0 radical (unpaired) electrons. The summed E-state index contributed by atoms with van der Waals surface area (Å²) in [5, 5.41) is 26.8. The molecule has 1 aromatic carbocycles. The first kappa shape index (κ1) is 25.6. The average Bonchev–Trinajstić information content (AvgIpc) is 2.61. The van der Waals surface area contributed by atoms with Gasteiger partial charge in [0.15, 0.2) is 0 Å². The first-order chi connectivity index (χ1) is 13.7. The van der Waals surface area contributed by atoms with Crippen molar-refractivity contribution in [3.63, 3.8) is 0 Å². The molecule has 2 unspecified atom stereocenters. The smallest absolute Gasteiger partial charge is 0.225 e. The normalized spacial score (nSPS) is 18.4. The highest BCUT2D eigenvalue weighted by atomic mass is 35.5. The van der Waals surface area contributed by atoms with Gasteiger partial charge in [-0.2, -0.15) is 5.14 Å². The van der Waals surface area contributed by atoms with Crippen molar-refractivity contribution in [3.8, 4) is 5.75 Å². The lowest BCUT2D eigenvalue weighted by Crippen LogP contribution is -2.44. The molecule has 9 heteroatoms. The van der Waals surface area contributed by atoms with E-state index in [0.29, 0.717) is 30.1 Å². The summed E-state index contributed by atoms with van der Waals surface area (Å²) in [6.45, 7) is 8.04. The summed E-state index contributed by atoms with van der Waals surface area (Å²) in [6.07, 6.45) is 2.00. The number of amides is 1. The number of aliphatic hydroxyl groups is 1. The fourth-order valence-corrected chi connectivity index (χ4v) is 4.70. The first-order valence-electron chi connectivity index (χ1n) is 10.1. The summed E-state index contributed by atoms with van der Waals surface area (Å²) in [6, 6.07) is 3.10. The number of likely N-dealkylation sites (tertiary alicyclic amines) is 1. The Hall–Kier alpha value is -0.700. The molecular weight excluding hydrogens is 447 g/mol. The van der Waals surface area contributed by atoms with E-state index in [1.165, 1.54) is 6.07 Å². The quantitative estimate of drug-likeness (QED) is 0.513. The fraction of sp³-hybridized carbons (Fsp3) is 0.667. The van der Waals surface area contributed by atoms with E-state index in [1.807, 2.05) is 13.8 Å². The highest BCUT2D eigenvalue weighted by Gasteiger charge is 2.39. The van der Waals surface area contributed by atoms with Crippen LogP contribution in [-0.4, -0.2) is 49.0 Å². The number of carbonyl (C=O) groups is 1. The van der Waals surface area contributed by atoms with Crippen LogP contribution in [0.15, 0.2) is 12.1 Å². The molecule has 0 aliphatic carbocycles. The average molecular weight is 479 g/mol. The van der Waals surface area contributed by atoms with Crippen molar-refractivity contribution in [2.45, 2.75) is 69.6 Å². The molecule has 170 valence electrons. The van der Waals surface area contributed by atoms with Crippen LogP contribution in [0.5, 0.6) is 5.75 Å². The third kappa shape index (κ3) is 6.65. The molecule has 1 aromatic rings. The van der Waals surface area contributed by atoms with Gasteiger partial charge in [-0.1, -0.05) is 23.2 Å². The van der Waals surface area contributed by atoms with Gasteiger partial charge in [-0.15, -0.1) is 0 Å². The first-order valence-corrected chi connectivity index (χ1v) is 12.0. The maximum absolute atomic E-state index is 12.5. The number of phenolic OH excluding ortho intramolecular Hbond substituents is 1. The lowest BCUT2D eigenvalue weighted by Gasteiger charge is -2.39. The van der Waals surface area contributed by atoms with Crippen molar-refractivity contribution in [2.24, 2.45) is 11.1 Å². The van der Waals surface area contributed by atoms with Crippen LogP contribution in [-0.2, 0) is 16.2 Å². The molecular formula is C21H32Cl2N2O4S. The number of hydrogen-bond donors (Lipinski definition) is 3. The second kappa shape index (κ2) is 9.84. The topological polar surface area (TPSA) is 110 Å². The van der Waals surface area contributed by atoms with Crippen LogP contribution in [0.25, 0.3) is 0 Å². The van der Waals surface area contributed by atoms with Crippen molar-refractivity contribution in [1.82, 2.24) is 4.90 Å². The van der Waals surface area contributed by atoms with Gasteiger partial charge in [-0.3, -0.25) is 4.79 Å². The SMILES string of the molecule is CC(C)(O)CC(=O)N1CCC(C(CC(C)(C)[S+](N)[O-])c2cc(Cl)c(Cl)cc2O)CC1. The second-order valence-corrected chi connectivity index (χ2v) is 11.9. The molecule has 0 spiro atoms. The van der Waals surface area contributed by atoms with Crippen LogP contribution in [0.3, 0.4) is 0 Å². The number of aromatic hydroxyl groups is 1. The number of nitrogens with zero attached hydrogens (tertiary/aromatic N) is 1. The molecule has 1 heterocycles. The minimum absolute atomic E-state index is 0.0496. The Bertz CT molecular complexity index is 760. The largest absolute Gasteiger partial charge is 0.598 e. The number of hydrogen-bond acceptors (Lipinski definition) is 5. The Morgan fingerprint density at radius 2 is 1.80 bits per heavy atom.